The number of hydrogen-bond donors (Lipinski definition) is 16. The van der Waals surface area contributed by atoms with E-state index in [1.165, 1.54) is 6.92 Å². The number of amides is 1. The van der Waals surface area contributed by atoms with Gasteiger partial charge >= 0.3 is 0 Å². The zero-order chi connectivity index (χ0) is 42.9. The molecule has 1 amide bonds. The van der Waals surface area contributed by atoms with E-state index >= 15 is 0 Å². The van der Waals surface area contributed by atoms with Crippen LogP contribution in [-0.4, -0.2) is 262 Å². The van der Waals surface area contributed by atoms with Crippen molar-refractivity contribution < 1.29 is 124 Å². The fraction of sp³-hybridized carbons (Fsp3) is 0.969. The van der Waals surface area contributed by atoms with Crippen molar-refractivity contribution in [3.05, 3.63) is 0 Å². The zero-order valence-corrected chi connectivity index (χ0v) is 31.1. The van der Waals surface area contributed by atoms with Crippen LogP contribution in [0.2, 0.25) is 0 Å². The third-order valence-electron chi connectivity index (χ3n) is 10.7. The molecule has 25 atom stereocenters. The highest BCUT2D eigenvalue weighted by molar-refractivity contribution is 5.73. The molecular formula is C32H55NO25. The lowest BCUT2D eigenvalue weighted by atomic mass is 9.93. The van der Waals surface area contributed by atoms with Crippen LogP contribution in [0, 0.1) is 0 Å². The normalized spacial score (nSPS) is 51.6. The van der Waals surface area contributed by atoms with Gasteiger partial charge in [-0.15, -0.1) is 0 Å². The highest BCUT2D eigenvalue weighted by atomic mass is 16.8. The fourth-order valence-electron chi connectivity index (χ4n) is 7.36. The van der Waals surface area contributed by atoms with Crippen molar-refractivity contribution in [1.82, 2.24) is 5.32 Å². The summed E-state index contributed by atoms with van der Waals surface area (Å²) < 4.78 is 51.1. The van der Waals surface area contributed by atoms with E-state index in [0.717, 1.165) is 6.92 Å². The molecule has 5 saturated heterocycles. The van der Waals surface area contributed by atoms with Gasteiger partial charge in [0.15, 0.2) is 31.5 Å². The summed E-state index contributed by atoms with van der Waals surface area (Å²) in [6.07, 6.45) is -43.8. The van der Waals surface area contributed by atoms with Crippen LogP contribution in [0.3, 0.4) is 0 Å². The molecule has 0 radical (unpaired) electrons. The summed E-state index contributed by atoms with van der Waals surface area (Å²) in [5.41, 5.74) is 0. The van der Waals surface area contributed by atoms with Gasteiger partial charge in [-0.25, -0.2) is 0 Å². The Kier molecular flexibility index (Phi) is 16.5. The Labute approximate surface area is 329 Å². The summed E-state index contributed by atoms with van der Waals surface area (Å²) in [4.78, 5) is 12.8. The SMILES string of the molecule is CC(=O)N[C@H]1[C@H](O[C@H]2[C@@H](O)[C@@H](CO)O[C@@H](O[C@H]3[C@H](O)[C@@H](CO)OC(O)[C@@H]3O)[C@@H]2O)O[C@H](CO)[C@@H](O[C@@H]2O[C@@H](C)[C@@H](O)[C@@H](O)[C@@H]2O)[C@@H]1O[C@@H]1O[C@H](CO)[C@H](O)[C@H](O)[C@H]1O. The molecule has 26 nitrogen and oxygen atoms in total. The standard InChI is InChI=1S/C32H55NO25/c1-7-14(39)18(43)20(45)30(50-7)55-24-12(6-37)54-29(13(33-8(2)38)25(24)56-31-21(46)19(44)15(40)9(3-34)52-31)57-27-17(42)11(5-36)53-32(23(27)48)58-26-16(41)10(4-35)51-28(49)22(26)47/h7,9-32,34-37,39-49H,3-6H2,1-2H3,(H,33,38)/t7-,9+,10+,11+,12+,13+,14+,15-,16+,17-,18+,19-,20-,21+,22+,23+,24+,25+,26-,27-,28?,29-,30-,31-,32-/m0/s1. The minimum absolute atomic E-state index is 0.839. The smallest absolute Gasteiger partial charge is 0.217 e. The first-order valence-corrected chi connectivity index (χ1v) is 18.5. The van der Waals surface area contributed by atoms with Crippen molar-refractivity contribution in [3.8, 4) is 0 Å². The third kappa shape index (κ3) is 9.75. The number of rotatable bonds is 13. The molecule has 5 rings (SSSR count). The lowest BCUT2D eigenvalue weighted by Gasteiger charge is -2.51. The lowest BCUT2D eigenvalue weighted by Crippen LogP contribution is -2.71. The van der Waals surface area contributed by atoms with Gasteiger partial charge < -0.3 is 125 Å². The van der Waals surface area contributed by atoms with Gasteiger partial charge in [0, 0.05) is 6.92 Å². The van der Waals surface area contributed by atoms with E-state index < -0.39 is 186 Å². The van der Waals surface area contributed by atoms with Crippen molar-refractivity contribution in [2.75, 3.05) is 26.4 Å². The van der Waals surface area contributed by atoms with E-state index in [4.69, 9.17) is 42.6 Å². The third-order valence-corrected chi connectivity index (χ3v) is 10.7. The van der Waals surface area contributed by atoms with Gasteiger partial charge in [0.2, 0.25) is 5.91 Å². The molecule has 0 spiro atoms. The molecule has 338 valence electrons. The van der Waals surface area contributed by atoms with Crippen LogP contribution < -0.4 is 5.32 Å². The van der Waals surface area contributed by atoms with Crippen molar-refractivity contribution in [2.45, 2.75) is 167 Å². The summed E-state index contributed by atoms with van der Waals surface area (Å²) in [7, 11) is 0. The van der Waals surface area contributed by atoms with Gasteiger partial charge in [0.05, 0.1) is 32.5 Å². The molecule has 0 aromatic carbocycles. The van der Waals surface area contributed by atoms with Crippen LogP contribution in [0.15, 0.2) is 0 Å². The Hall–Kier alpha value is -1.49. The summed E-state index contributed by atoms with van der Waals surface area (Å²) in [5.74, 6) is -0.839. The minimum Gasteiger partial charge on any atom is -0.394 e. The summed E-state index contributed by atoms with van der Waals surface area (Å²) in [6, 6.07) is -1.75. The van der Waals surface area contributed by atoms with E-state index in [2.05, 4.69) is 5.32 Å². The molecule has 16 N–H and O–H groups in total. The molecule has 5 heterocycles. The molecule has 0 aliphatic carbocycles. The van der Waals surface area contributed by atoms with Crippen LogP contribution in [0.5, 0.6) is 0 Å². The lowest BCUT2D eigenvalue weighted by molar-refractivity contribution is -0.391. The maximum atomic E-state index is 12.8. The largest absolute Gasteiger partial charge is 0.394 e. The first kappa shape index (κ1) is 47.6. The Balaban J connectivity index is 1.50. The van der Waals surface area contributed by atoms with E-state index in [0.29, 0.717) is 0 Å². The molecule has 5 fully saturated rings. The van der Waals surface area contributed by atoms with Crippen molar-refractivity contribution >= 4 is 5.91 Å². The predicted octanol–water partition coefficient (Wildman–Crippen LogP) is -10.8. The Morgan fingerprint density at radius 1 is 0.448 bits per heavy atom. The predicted molar refractivity (Wildman–Crippen MR) is 177 cm³/mol. The molecular weight excluding hydrogens is 798 g/mol. The quantitative estimate of drug-likeness (QED) is 0.0818. The number of hydrogen-bond acceptors (Lipinski definition) is 25. The van der Waals surface area contributed by atoms with Gasteiger partial charge in [-0.1, -0.05) is 0 Å². The highest BCUT2D eigenvalue weighted by Crippen LogP contribution is 2.36. The number of aliphatic hydroxyl groups is 15. The second kappa shape index (κ2) is 20.1. The summed E-state index contributed by atoms with van der Waals surface area (Å²) in [5, 5.41) is 160. The van der Waals surface area contributed by atoms with Crippen molar-refractivity contribution in [1.29, 1.82) is 0 Å². The number of carbonyl (C=O) groups is 1. The summed E-state index contributed by atoms with van der Waals surface area (Å²) >= 11 is 0. The van der Waals surface area contributed by atoms with E-state index in [1.54, 1.807) is 0 Å². The number of aliphatic hydroxyl groups excluding tert-OH is 15. The van der Waals surface area contributed by atoms with E-state index in [9.17, 15) is 81.4 Å². The van der Waals surface area contributed by atoms with Gasteiger partial charge in [0.25, 0.3) is 0 Å². The van der Waals surface area contributed by atoms with Crippen LogP contribution >= 0.6 is 0 Å². The average molecular weight is 854 g/mol. The van der Waals surface area contributed by atoms with Crippen molar-refractivity contribution in [2.24, 2.45) is 0 Å². The molecule has 26 heteroatoms. The number of nitrogens with one attached hydrogen (secondary N) is 1. The van der Waals surface area contributed by atoms with Crippen molar-refractivity contribution in [3.63, 3.8) is 0 Å². The Morgan fingerprint density at radius 3 is 1.41 bits per heavy atom. The monoisotopic (exact) mass is 853 g/mol. The molecule has 0 aromatic rings. The average Bonchev–Trinajstić information content (AvgIpc) is 3.19. The second-order valence-electron chi connectivity index (χ2n) is 14.7. The van der Waals surface area contributed by atoms with E-state index in [1.807, 2.05) is 0 Å². The molecule has 5 aliphatic rings. The minimum atomic E-state index is -2.14. The van der Waals surface area contributed by atoms with Gasteiger partial charge in [-0.3, -0.25) is 4.79 Å². The Morgan fingerprint density at radius 2 is 0.862 bits per heavy atom. The molecule has 0 saturated carbocycles. The van der Waals surface area contributed by atoms with Gasteiger partial charge in [-0.05, 0) is 6.92 Å². The summed E-state index contributed by atoms with van der Waals surface area (Å²) in [6.45, 7) is -1.35. The van der Waals surface area contributed by atoms with Crippen LogP contribution in [0.4, 0.5) is 0 Å². The Bertz CT molecular complexity index is 1310. The topological polar surface area (TPSA) is 416 Å². The highest BCUT2D eigenvalue weighted by Gasteiger charge is 2.57. The molecule has 0 bridgehead atoms. The second-order valence-corrected chi connectivity index (χ2v) is 14.7. The van der Waals surface area contributed by atoms with E-state index in [-0.39, 0.29) is 0 Å². The molecule has 1 unspecified atom stereocenters. The maximum Gasteiger partial charge on any atom is 0.217 e. The molecule has 0 aromatic heterocycles. The fourth-order valence-corrected chi connectivity index (χ4v) is 7.36. The number of ether oxygens (including phenoxy) is 9. The first-order chi connectivity index (χ1) is 27.4. The molecule has 58 heavy (non-hydrogen) atoms. The maximum absolute atomic E-state index is 12.8. The van der Waals surface area contributed by atoms with Crippen LogP contribution in [0.1, 0.15) is 13.8 Å². The van der Waals surface area contributed by atoms with Gasteiger partial charge in [-0.2, -0.15) is 0 Å². The zero-order valence-electron chi connectivity index (χ0n) is 31.1. The van der Waals surface area contributed by atoms with Crippen LogP contribution in [0.25, 0.3) is 0 Å². The van der Waals surface area contributed by atoms with Crippen LogP contribution in [-0.2, 0) is 47.4 Å². The van der Waals surface area contributed by atoms with Gasteiger partial charge in [0.1, 0.15) is 116 Å². The first-order valence-electron chi connectivity index (χ1n) is 18.5. The number of carbonyl (C=O) groups excluding carboxylic acids is 1. The molecule has 5 aliphatic heterocycles.